The van der Waals surface area contributed by atoms with E-state index < -0.39 is 10.0 Å². The Kier molecular flexibility index (Phi) is 7.68. The number of sulfonamides is 1. The Balaban J connectivity index is 1.95. The monoisotopic (exact) mass is 408 g/mol. The average molecular weight is 409 g/mol. The Morgan fingerprint density at radius 2 is 1.85 bits per heavy atom. The first-order valence-electron chi connectivity index (χ1n) is 8.89. The molecule has 0 saturated heterocycles. The van der Waals surface area contributed by atoms with Gasteiger partial charge in [-0.05, 0) is 36.6 Å². The number of carbonyl (C=O) groups is 1. The van der Waals surface area contributed by atoms with Crippen LogP contribution in [0.25, 0.3) is 0 Å². The fourth-order valence-electron chi connectivity index (χ4n) is 2.87. The van der Waals surface area contributed by atoms with Crippen molar-refractivity contribution in [2.45, 2.75) is 32.2 Å². The predicted octanol–water partition coefficient (Wildman–Crippen LogP) is 4.15. The van der Waals surface area contributed by atoms with E-state index in [0.717, 1.165) is 18.2 Å². The highest BCUT2D eigenvalue weighted by atomic mass is 35.5. The van der Waals surface area contributed by atoms with E-state index in [0.29, 0.717) is 17.1 Å². The van der Waals surface area contributed by atoms with E-state index in [2.05, 4.69) is 5.32 Å². The summed E-state index contributed by atoms with van der Waals surface area (Å²) >= 11 is 5.97. The van der Waals surface area contributed by atoms with Crippen molar-refractivity contribution < 1.29 is 13.2 Å². The van der Waals surface area contributed by atoms with Gasteiger partial charge in [-0.3, -0.25) is 9.10 Å². The molecule has 0 aliphatic heterocycles. The summed E-state index contributed by atoms with van der Waals surface area (Å²) in [4.78, 5) is 12.3. The second kappa shape index (κ2) is 9.76. The van der Waals surface area contributed by atoms with Gasteiger partial charge in [0.15, 0.2) is 0 Å². The number of rotatable bonds is 9. The highest BCUT2D eigenvalue weighted by Gasteiger charge is 2.18. The largest absolute Gasteiger partial charge is 0.349 e. The van der Waals surface area contributed by atoms with Crippen LogP contribution in [0.3, 0.4) is 0 Å². The molecule has 2 aromatic carbocycles. The summed E-state index contributed by atoms with van der Waals surface area (Å²) < 4.78 is 25.5. The summed E-state index contributed by atoms with van der Waals surface area (Å²) in [5, 5.41) is 3.48. The molecule has 0 heterocycles. The number of hydrogen-bond donors (Lipinski definition) is 1. The van der Waals surface area contributed by atoms with Gasteiger partial charge in [-0.15, -0.1) is 0 Å². The highest BCUT2D eigenvalue weighted by molar-refractivity contribution is 7.92. The molecule has 1 unspecified atom stereocenters. The Morgan fingerprint density at radius 1 is 1.15 bits per heavy atom. The topological polar surface area (TPSA) is 66.5 Å². The smallest absolute Gasteiger partial charge is 0.232 e. The van der Waals surface area contributed by atoms with Gasteiger partial charge < -0.3 is 5.32 Å². The lowest BCUT2D eigenvalue weighted by Crippen LogP contribution is -2.33. The number of halogens is 1. The van der Waals surface area contributed by atoms with Crippen LogP contribution in [0.2, 0.25) is 5.02 Å². The van der Waals surface area contributed by atoms with Gasteiger partial charge in [0.2, 0.25) is 15.9 Å². The molecule has 0 saturated carbocycles. The third kappa shape index (κ3) is 6.56. The number of anilines is 1. The molecule has 0 fully saturated rings. The second-order valence-corrected chi connectivity index (χ2v) is 8.70. The number of benzene rings is 2. The molecule has 0 bridgehead atoms. The summed E-state index contributed by atoms with van der Waals surface area (Å²) in [5.74, 6) is -0.0924. The van der Waals surface area contributed by atoms with Gasteiger partial charge in [0.05, 0.1) is 18.0 Å². The first kappa shape index (κ1) is 21.3. The van der Waals surface area contributed by atoms with Crippen LogP contribution in [0.5, 0.6) is 0 Å². The molecule has 1 N–H and O–H groups in total. The minimum Gasteiger partial charge on any atom is -0.349 e. The van der Waals surface area contributed by atoms with E-state index >= 15 is 0 Å². The van der Waals surface area contributed by atoms with Crippen LogP contribution in [0, 0.1) is 0 Å². The zero-order valence-electron chi connectivity index (χ0n) is 15.6. The Bertz CT molecular complexity index is 857. The quantitative estimate of drug-likeness (QED) is 0.677. The summed E-state index contributed by atoms with van der Waals surface area (Å²) in [7, 11) is -3.46. The third-order valence-electron chi connectivity index (χ3n) is 4.21. The average Bonchev–Trinajstić information content (AvgIpc) is 2.63. The maximum absolute atomic E-state index is 12.3. The van der Waals surface area contributed by atoms with Gasteiger partial charge in [0.25, 0.3) is 0 Å². The zero-order valence-corrected chi connectivity index (χ0v) is 17.1. The van der Waals surface area contributed by atoms with Crippen LogP contribution in [-0.4, -0.2) is 27.1 Å². The number of hydrogen-bond acceptors (Lipinski definition) is 3. The van der Waals surface area contributed by atoms with Gasteiger partial charge in [0.1, 0.15) is 0 Å². The maximum atomic E-state index is 12.3. The lowest BCUT2D eigenvalue weighted by Gasteiger charge is -2.23. The van der Waals surface area contributed by atoms with Crippen LogP contribution in [0.1, 0.15) is 37.8 Å². The van der Waals surface area contributed by atoms with Crippen molar-refractivity contribution in [2.75, 3.05) is 17.1 Å². The van der Waals surface area contributed by atoms with Crippen molar-refractivity contribution >= 4 is 33.2 Å². The molecule has 1 atom stereocenters. The van der Waals surface area contributed by atoms with E-state index in [4.69, 9.17) is 11.6 Å². The standard InChI is InChI=1S/C20H25ClN2O3S/c1-3-19(16-9-5-4-6-10-16)22-20(24)13-8-14-23(27(2,25)26)18-12-7-11-17(21)15-18/h4-7,9-12,15,19H,3,8,13-14H2,1-2H3,(H,22,24). The molecule has 7 heteroatoms. The van der Waals surface area contributed by atoms with Crippen LogP contribution in [0.4, 0.5) is 5.69 Å². The van der Waals surface area contributed by atoms with E-state index in [1.54, 1.807) is 24.3 Å². The number of carbonyl (C=O) groups excluding carboxylic acids is 1. The van der Waals surface area contributed by atoms with Gasteiger partial charge in [-0.2, -0.15) is 0 Å². The fraction of sp³-hybridized carbons (Fsp3) is 0.350. The summed E-state index contributed by atoms with van der Waals surface area (Å²) in [5.41, 5.74) is 1.56. The summed E-state index contributed by atoms with van der Waals surface area (Å²) in [6, 6.07) is 16.4. The molecule has 27 heavy (non-hydrogen) atoms. The summed E-state index contributed by atoms with van der Waals surface area (Å²) in [6.45, 7) is 2.23. The number of nitrogens with one attached hydrogen (secondary N) is 1. The first-order chi connectivity index (χ1) is 12.8. The molecule has 0 spiro atoms. The molecule has 1 amide bonds. The SMILES string of the molecule is CCC(NC(=O)CCCN(c1cccc(Cl)c1)S(C)(=O)=O)c1ccccc1. The third-order valence-corrected chi connectivity index (χ3v) is 5.64. The van der Waals surface area contributed by atoms with E-state index in [1.165, 1.54) is 4.31 Å². The zero-order chi connectivity index (χ0) is 19.9. The summed E-state index contributed by atoms with van der Waals surface area (Å²) in [6.07, 6.45) is 2.59. The van der Waals surface area contributed by atoms with Crippen molar-refractivity contribution in [3.63, 3.8) is 0 Å². The van der Waals surface area contributed by atoms with Gasteiger partial charge in [0, 0.05) is 18.0 Å². The van der Waals surface area contributed by atoms with Crippen LogP contribution in [0.15, 0.2) is 54.6 Å². The Hall–Kier alpha value is -2.05. The van der Waals surface area contributed by atoms with Crippen molar-refractivity contribution in [1.29, 1.82) is 0 Å². The molecule has 0 aromatic heterocycles. The van der Waals surface area contributed by atoms with E-state index in [1.807, 2.05) is 37.3 Å². The van der Waals surface area contributed by atoms with Gasteiger partial charge in [-0.25, -0.2) is 8.42 Å². The van der Waals surface area contributed by atoms with Gasteiger partial charge in [-0.1, -0.05) is 54.9 Å². The number of amides is 1. The molecule has 2 aromatic rings. The van der Waals surface area contributed by atoms with Gasteiger partial charge >= 0.3 is 0 Å². The molecule has 0 aliphatic rings. The Labute approximate surface area is 166 Å². The highest BCUT2D eigenvalue weighted by Crippen LogP contribution is 2.22. The minimum atomic E-state index is -3.46. The first-order valence-corrected chi connectivity index (χ1v) is 11.1. The molecule has 0 aliphatic carbocycles. The molecular formula is C20H25ClN2O3S. The maximum Gasteiger partial charge on any atom is 0.232 e. The molecule has 146 valence electrons. The van der Waals surface area contributed by atoms with Crippen LogP contribution in [-0.2, 0) is 14.8 Å². The van der Waals surface area contributed by atoms with Crippen molar-refractivity contribution in [3.8, 4) is 0 Å². The van der Waals surface area contributed by atoms with Crippen molar-refractivity contribution in [1.82, 2.24) is 5.32 Å². The van der Waals surface area contributed by atoms with Crippen LogP contribution < -0.4 is 9.62 Å². The second-order valence-electron chi connectivity index (χ2n) is 6.36. The molecule has 5 nitrogen and oxygen atoms in total. The normalized spacial score (nSPS) is 12.4. The van der Waals surface area contributed by atoms with E-state index in [9.17, 15) is 13.2 Å². The molecular weight excluding hydrogens is 384 g/mol. The van der Waals surface area contributed by atoms with E-state index in [-0.39, 0.29) is 24.9 Å². The van der Waals surface area contributed by atoms with Crippen molar-refractivity contribution in [2.24, 2.45) is 0 Å². The molecule has 2 rings (SSSR count). The predicted molar refractivity (Wildman–Crippen MR) is 110 cm³/mol. The lowest BCUT2D eigenvalue weighted by atomic mass is 10.0. The Morgan fingerprint density at radius 3 is 2.44 bits per heavy atom. The fourth-order valence-corrected chi connectivity index (χ4v) is 4.02. The lowest BCUT2D eigenvalue weighted by molar-refractivity contribution is -0.121. The van der Waals surface area contributed by atoms with Crippen molar-refractivity contribution in [3.05, 3.63) is 65.2 Å². The number of nitrogens with zero attached hydrogens (tertiary/aromatic N) is 1. The van der Waals surface area contributed by atoms with Crippen LogP contribution >= 0.6 is 11.6 Å². The molecule has 0 radical (unpaired) electrons. The minimum absolute atomic E-state index is 0.0439.